The van der Waals surface area contributed by atoms with Gasteiger partial charge in [-0.3, -0.25) is 9.89 Å². The Kier molecular flexibility index (Phi) is 3.99. The number of aromatic nitrogens is 3. The number of hydrogen-bond donors (Lipinski definition) is 2. The summed E-state index contributed by atoms with van der Waals surface area (Å²) in [6, 6.07) is 1.71. The van der Waals surface area contributed by atoms with E-state index in [9.17, 15) is 13.2 Å². The summed E-state index contributed by atoms with van der Waals surface area (Å²) in [7, 11) is -3.59. The molecule has 1 saturated heterocycles. The minimum absolute atomic E-state index is 0.0843. The van der Waals surface area contributed by atoms with E-state index in [0.717, 1.165) is 0 Å². The molecule has 9 heteroatoms. The zero-order chi connectivity index (χ0) is 16.6. The first-order chi connectivity index (χ1) is 10.9. The second-order valence-electron chi connectivity index (χ2n) is 5.56. The van der Waals surface area contributed by atoms with Gasteiger partial charge in [-0.25, -0.2) is 8.42 Å². The number of nitrogens with one attached hydrogen (secondary N) is 2. The Hall–Kier alpha value is -2.13. The van der Waals surface area contributed by atoms with Crippen molar-refractivity contribution in [2.45, 2.75) is 18.7 Å². The van der Waals surface area contributed by atoms with E-state index in [4.69, 9.17) is 0 Å². The van der Waals surface area contributed by atoms with Crippen LogP contribution in [-0.4, -0.2) is 64.9 Å². The van der Waals surface area contributed by atoms with E-state index in [2.05, 4.69) is 15.2 Å². The largest absolute Gasteiger partial charge is 0.367 e. The van der Waals surface area contributed by atoms with Crippen LogP contribution in [0.2, 0.25) is 0 Å². The second kappa shape index (κ2) is 5.82. The Morgan fingerprint density at radius 3 is 2.43 bits per heavy atom. The van der Waals surface area contributed by atoms with E-state index >= 15 is 0 Å². The second-order valence-corrected chi connectivity index (χ2v) is 7.43. The van der Waals surface area contributed by atoms with Crippen LogP contribution in [0.3, 0.4) is 0 Å². The van der Waals surface area contributed by atoms with Crippen molar-refractivity contribution >= 4 is 15.9 Å². The third-order valence-electron chi connectivity index (χ3n) is 4.03. The highest BCUT2D eigenvalue weighted by Crippen LogP contribution is 2.23. The van der Waals surface area contributed by atoms with Crippen LogP contribution in [0.1, 0.15) is 21.7 Å². The fraction of sp³-hybridized carbons (Fsp3) is 0.429. The third-order valence-corrected chi connectivity index (χ3v) is 6.19. The molecule has 0 atom stereocenters. The van der Waals surface area contributed by atoms with E-state index in [1.807, 2.05) is 0 Å². The van der Waals surface area contributed by atoms with Gasteiger partial charge in [0.2, 0.25) is 10.0 Å². The molecule has 0 bridgehead atoms. The van der Waals surface area contributed by atoms with Crippen molar-refractivity contribution in [3.63, 3.8) is 0 Å². The van der Waals surface area contributed by atoms with E-state index in [0.29, 0.717) is 30.0 Å². The molecule has 0 saturated carbocycles. The van der Waals surface area contributed by atoms with Gasteiger partial charge < -0.3 is 9.88 Å². The average Bonchev–Trinajstić information content (AvgIpc) is 3.17. The normalized spacial score (nSPS) is 16.7. The molecule has 1 amide bonds. The van der Waals surface area contributed by atoms with Crippen LogP contribution < -0.4 is 0 Å². The maximum absolute atomic E-state index is 12.8. The molecule has 0 unspecified atom stereocenters. The molecule has 2 aromatic heterocycles. The zero-order valence-corrected chi connectivity index (χ0v) is 13.9. The molecule has 2 N–H and O–H groups in total. The van der Waals surface area contributed by atoms with Gasteiger partial charge in [-0.1, -0.05) is 0 Å². The van der Waals surface area contributed by atoms with Gasteiger partial charge in [0.25, 0.3) is 5.91 Å². The molecule has 0 aromatic carbocycles. The van der Waals surface area contributed by atoms with Crippen molar-refractivity contribution in [3.05, 3.63) is 35.4 Å². The number of nitrogens with zero attached hydrogens (tertiary/aromatic N) is 3. The van der Waals surface area contributed by atoms with E-state index in [1.54, 1.807) is 37.2 Å². The number of sulfonamides is 1. The van der Waals surface area contributed by atoms with Crippen molar-refractivity contribution in [2.24, 2.45) is 0 Å². The molecular weight excluding hydrogens is 318 g/mol. The Morgan fingerprint density at radius 1 is 1.22 bits per heavy atom. The lowest BCUT2D eigenvalue weighted by atomic mass is 10.2. The highest BCUT2D eigenvalue weighted by atomic mass is 32.2. The lowest BCUT2D eigenvalue weighted by Crippen LogP contribution is -2.50. The van der Waals surface area contributed by atoms with Crippen molar-refractivity contribution in [1.82, 2.24) is 24.4 Å². The summed E-state index contributed by atoms with van der Waals surface area (Å²) in [6.07, 6.45) is 3.34. The number of piperazine rings is 1. The van der Waals surface area contributed by atoms with Gasteiger partial charge in [0.05, 0.1) is 17.0 Å². The molecule has 8 nitrogen and oxygen atoms in total. The minimum Gasteiger partial charge on any atom is -0.367 e. The summed E-state index contributed by atoms with van der Waals surface area (Å²) in [5.41, 5.74) is 1.59. The van der Waals surface area contributed by atoms with Crippen LogP contribution in [0.25, 0.3) is 0 Å². The topological polar surface area (TPSA) is 102 Å². The van der Waals surface area contributed by atoms with Crippen molar-refractivity contribution < 1.29 is 13.2 Å². The predicted molar refractivity (Wildman–Crippen MR) is 83.5 cm³/mol. The molecule has 1 fully saturated rings. The van der Waals surface area contributed by atoms with Gasteiger partial charge >= 0.3 is 0 Å². The van der Waals surface area contributed by atoms with Crippen molar-refractivity contribution in [1.29, 1.82) is 0 Å². The molecule has 2 aromatic rings. The van der Waals surface area contributed by atoms with Gasteiger partial charge in [0.1, 0.15) is 4.90 Å². The number of carbonyl (C=O) groups excluding carboxylic acids is 1. The summed E-state index contributed by atoms with van der Waals surface area (Å²) in [4.78, 5) is 17.0. The standard InChI is InChI=1S/C14H19N5O3S/c1-10-13(11(2)17-16-10)23(21,22)19-7-5-18(6-8-19)14(20)12-3-4-15-9-12/h3-4,9,15H,5-8H2,1-2H3,(H,16,17). The number of rotatable bonds is 3. The molecule has 3 rings (SSSR count). The van der Waals surface area contributed by atoms with Gasteiger partial charge in [0.15, 0.2) is 0 Å². The number of carbonyl (C=O) groups is 1. The molecule has 0 radical (unpaired) electrons. The third kappa shape index (κ3) is 2.77. The lowest BCUT2D eigenvalue weighted by molar-refractivity contribution is 0.0698. The number of aromatic amines is 2. The predicted octanol–water partition coefficient (Wildman–Crippen LogP) is 0.501. The molecule has 1 aliphatic heterocycles. The Bertz CT molecular complexity index is 782. The van der Waals surface area contributed by atoms with E-state index in [-0.39, 0.29) is 23.9 Å². The fourth-order valence-corrected chi connectivity index (χ4v) is 4.57. The first kappa shape index (κ1) is 15.8. The first-order valence-electron chi connectivity index (χ1n) is 7.35. The number of aryl methyl sites for hydroxylation is 2. The van der Waals surface area contributed by atoms with Gasteiger partial charge in [-0.2, -0.15) is 9.40 Å². The number of hydrogen-bond acceptors (Lipinski definition) is 4. The van der Waals surface area contributed by atoms with Crippen LogP contribution in [0.4, 0.5) is 0 Å². The number of amides is 1. The van der Waals surface area contributed by atoms with Crippen LogP contribution in [-0.2, 0) is 10.0 Å². The Balaban J connectivity index is 1.73. The summed E-state index contributed by atoms with van der Waals surface area (Å²) >= 11 is 0. The highest BCUT2D eigenvalue weighted by molar-refractivity contribution is 7.89. The van der Waals surface area contributed by atoms with Gasteiger partial charge in [-0.05, 0) is 19.9 Å². The molecule has 1 aliphatic rings. The van der Waals surface area contributed by atoms with Crippen molar-refractivity contribution in [2.75, 3.05) is 26.2 Å². The fourth-order valence-electron chi connectivity index (χ4n) is 2.82. The van der Waals surface area contributed by atoms with Gasteiger partial charge in [-0.15, -0.1) is 0 Å². The maximum Gasteiger partial charge on any atom is 0.255 e. The zero-order valence-electron chi connectivity index (χ0n) is 13.0. The quantitative estimate of drug-likeness (QED) is 0.851. The SMILES string of the molecule is Cc1n[nH]c(C)c1S(=O)(=O)N1CCN(C(=O)c2cc[nH]c2)CC1. The minimum atomic E-state index is -3.59. The van der Waals surface area contributed by atoms with Crippen molar-refractivity contribution in [3.8, 4) is 0 Å². The first-order valence-corrected chi connectivity index (χ1v) is 8.79. The van der Waals surface area contributed by atoms with Gasteiger partial charge in [0, 0.05) is 38.6 Å². The number of H-pyrrole nitrogens is 2. The molecule has 0 spiro atoms. The molecule has 23 heavy (non-hydrogen) atoms. The highest BCUT2D eigenvalue weighted by Gasteiger charge is 2.33. The molecule has 3 heterocycles. The lowest BCUT2D eigenvalue weighted by Gasteiger charge is -2.33. The summed E-state index contributed by atoms with van der Waals surface area (Å²) < 4.78 is 26.9. The average molecular weight is 337 g/mol. The molecule has 0 aliphatic carbocycles. The van der Waals surface area contributed by atoms with Crippen LogP contribution >= 0.6 is 0 Å². The monoisotopic (exact) mass is 337 g/mol. The maximum atomic E-state index is 12.8. The van der Waals surface area contributed by atoms with Crippen LogP contribution in [0, 0.1) is 13.8 Å². The van der Waals surface area contributed by atoms with E-state index < -0.39 is 10.0 Å². The Labute approximate surface area is 134 Å². The molecular formula is C14H19N5O3S. The van der Waals surface area contributed by atoms with Crippen LogP contribution in [0.15, 0.2) is 23.4 Å². The summed E-state index contributed by atoms with van der Waals surface area (Å²) in [5, 5.41) is 6.66. The summed E-state index contributed by atoms with van der Waals surface area (Å²) in [6.45, 7) is 4.67. The summed E-state index contributed by atoms with van der Waals surface area (Å²) in [5.74, 6) is -0.0843. The van der Waals surface area contributed by atoms with Crippen LogP contribution in [0.5, 0.6) is 0 Å². The van der Waals surface area contributed by atoms with E-state index in [1.165, 1.54) is 4.31 Å². The smallest absolute Gasteiger partial charge is 0.255 e. The Morgan fingerprint density at radius 2 is 1.91 bits per heavy atom. The molecule has 124 valence electrons.